The van der Waals surface area contributed by atoms with Crippen molar-refractivity contribution in [2.24, 2.45) is 10.7 Å². The predicted octanol–water partition coefficient (Wildman–Crippen LogP) is 2.63. The summed E-state index contributed by atoms with van der Waals surface area (Å²) in [5.41, 5.74) is 9.04. The Morgan fingerprint density at radius 3 is 2.61 bits per heavy atom. The third-order valence-electron chi connectivity index (χ3n) is 5.06. The lowest BCUT2D eigenvalue weighted by atomic mass is 10.0. The predicted molar refractivity (Wildman–Crippen MR) is 96.6 cm³/mol. The molecule has 0 unspecified atom stereocenters. The lowest BCUT2D eigenvalue weighted by Gasteiger charge is -2.29. The quantitative estimate of drug-likeness (QED) is 0.499. The molecule has 0 saturated carbocycles. The fraction of sp³-hybridized carbons (Fsp3) is 0.632. The van der Waals surface area contributed by atoms with E-state index in [1.165, 1.54) is 56.4 Å². The molecule has 2 aliphatic heterocycles. The zero-order chi connectivity index (χ0) is 15.9. The van der Waals surface area contributed by atoms with Crippen LogP contribution in [0.1, 0.15) is 43.2 Å². The number of hydrogen-bond donors (Lipinski definition) is 1. The Bertz CT molecular complexity index is 520. The number of hydrogen-bond acceptors (Lipinski definition) is 2. The molecular formula is C19H30N4. The van der Waals surface area contributed by atoms with Crippen molar-refractivity contribution >= 4 is 5.96 Å². The van der Waals surface area contributed by atoms with Crippen LogP contribution in [0.2, 0.25) is 0 Å². The number of unbranched alkanes of at least 4 members (excludes halogenated alkanes) is 2. The number of nitrogens with zero attached hydrogens (tertiary/aromatic N) is 3. The molecule has 2 aliphatic rings. The molecular weight excluding hydrogens is 284 g/mol. The normalized spacial score (nSPS) is 19.1. The van der Waals surface area contributed by atoms with Gasteiger partial charge in [-0.25, -0.2) is 0 Å². The van der Waals surface area contributed by atoms with Gasteiger partial charge in [-0.1, -0.05) is 30.7 Å². The van der Waals surface area contributed by atoms with Gasteiger partial charge in [-0.15, -0.1) is 0 Å². The summed E-state index contributed by atoms with van der Waals surface area (Å²) in [6.07, 6.45) is 7.56. The van der Waals surface area contributed by atoms with Crippen LogP contribution in [0.15, 0.2) is 29.3 Å². The summed E-state index contributed by atoms with van der Waals surface area (Å²) in [7, 11) is 0. The summed E-state index contributed by atoms with van der Waals surface area (Å²) < 4.78 is 0. The van der Waals surface area contributed by atoms with E-state index in [-0.39, 0.29) is 0 Å². The van der Waals surface area contributed by atoms with E-state index in [0.29, 0.717) is 0 Å². The number of fused-ring (bicyclic) bond motifs is 1. The molecule has 0 atom stereocenters. The molecule has 1 fully saturated rings. The molecule has 0 spiro atoms. The van der Waals surface area contributed by atoms with Gasteiger partial charge in [0.05, 0.1) is 0 Å². The largest absolute Gasteiger partial charge is 0.370 e. The molecule has 1 aromatic rings. The van der Waals surface area contributed by atoms with Gasteiger partial charge in [0.1, 0.15) is 0 Å². The van der Waals surface area contributed by atoms with Crippen LogP contribution in [0.25, 0.3) is 0 Å². The highest BCUT2D eigenvalue weighted by molar-refractivity contribution is 5.78. The van der Waals surface area contributed by atoms with E-state index >= 15 is 0 Å². The summed E-state index contributed by atoms with van der Waals surface area (Å²) in [5.74, 6) is 0.721. The molecule has 1 saturated heterocycles. The second kappa shape index (κ2) is 8.34. The smallest absolute Gasteiger partial charge is 0.191 e. The van der Waals surface area contributed by atoms with Crippen LogP contribution >= 0.6 is 0 Å². The van der Waals surface area contributed by atoms with Crippen molar-refractivity contribution < 1.29 is 0 Å². The Kier molecular flexibility index (Phi) is 5.92. The number of benzene rings is 1. The second-order valence-electron chi connectivity index (χ2n) is 6.79. The standard InChI is InChI=1S/C19H30N4/c20-19(21-11-4-1-5-12-22-13-6-7-14-22)23-15-10-17-8-2-3-9-18(17)16-23/h2-3,8-9H,1,4-7,10-16H2,(H2,20,21). The third kappa shape index (κ3) is 4.71. The minimum Gasteiger partial charge on any atom is -0.370 e. The lowest BCUT2D eigenvalue weighted by Crippen LogP contribution is -2.41. The Morgan fingerprint density at radius 2 is 1.78 bits per heavy atom. The van der Waals surface area contributed by atoms with E-state index < -0.39 is 0 Å². The number of aliphatic imine (C=N–C) groups is 1. The van der Waals surface area contributed by atoms with Crippen LogP contribution in [0.3, 0.4) is 0 Å². The molecule has 0 radical (unpaired) electrons. The van der Waals surface area contributed by atoms with Gasteiger partial charge in [0.25, 0.3) is 0 Å². The molecule has 3 rings (SSSR count). The van der Waals surface area contributed by atoms with Crippen LogP contribution in [0, 0.1) is 0 Å². The molecule has 4 heteroatoms. The van der Waals surface area contributed by atoms with E-state index in [1.807, 2.05) is 0 Å². The van der Waals surface area contributed by atoms with E-state index in [0.717, 1.165) is 38.4 Å². The van der Waals surface area contributed by atoms with Crippen molar-refractivity contribution in [2.75, 3.05) is 32.7 Å². The van der Waals surface area contributed by atoms with Gasteiger partial charge in [-0.05, 0) is 62.9 Å². The van der Waals surface area contributed by atoms with Crippen molar-refractivity contribution in [3.63, 3.8) is 0 Å². The maximum absolute atomic E-state index is 6.19. The molecule has 2 N–H and O–H groups in total. The maximum atomic E-state index is 6.19. The van der Waals surface area contributed by atoms with Crippen LogP contribution < -0.4 is 5.73 Å². The summed E-state index contributed by atoms with van der Waals surface area (Å²) in [6, 6.07) is 8.65. The van der Waals surface area contributed by atoms with Gasteiger partial charge in [0.15, 0.2) is 5.96 Å². The average Bonchev–Trinajstić information content (AvgIpc) is 3.10. The highest BCUT2D eigenvalue weighted by atomic mass is 15.3. The van der Waals surface area contributed by atoms with Crippen LogP contribution in [0.5, 0.6) is 0 Å². The average molecular weight is 314 g/mol. The van der Waals surface area contributed by atoms with Crippen LogP contribution in [0.4, 0.5) is 0 Å². The zero-order valence-corrected chi connectivity index (χ0v) is 14.2. The summed E-state index contributed by atoms with van der Waals surface area (Å²) in [6.45, 7) is 6.64. The summed E-state index contributed by atoms with van der Waals surface area (Å²) in [5, 5.41) is 0. The van der Waals surface area contributed by atoms with Gasteiger partial charge in [-0.2, -0.15) is 0 Å². The first-order valence-electron chi connectivity index (χ1n) is 9.17. The van der Waals surface area contributed by atoms with Gasteiger partial charge in [0.2, 0.25) is 0 Å². The van der Waals surface area contributed by atoms with E-state index in [2.05, 4.69) is 39.1 Å². The lowest BCUT2D eigenvalue weighted by molar-refractivity contribution is 0.329. The van der Waals surface area contributed by atoms with E-state index in [1.54, 1.807) is 0 Å². The number of rotatable bonds is 6. The van der Waals surface area contributed by atoms with Crippen molar-refractivity contribution in [3.8, 4) is 0 Å². The monoisotopic (exact) mass is 314 g/mol. The fourth-order valence-electron chi connectivity index (χ4n) is 3.62. The Morgan fingerprint density at radius 1 is 1.00 bits per heavy atom. The molecule has 0 aromatic heterocycles. The molecule has 1 aromatic carbocycles. The SMILES string of the molecule is NC(=NCCCCCN1CCCC1)N1CCc2ccccc2C1. The highest BCUT2D eigenvalue weighted by Crippen LogP contribution is 2.18. The van der Waals surface area contributed by atoms with Gasteiger partial charge >= 0.3 is 0 Å². The molecule has 0 amide bonds. The van der Waals surface area contributed by atoms with Crippen LogP contribution in [-0.4, -0.2) is 48.5 Å². The van der Waals surface area contributed by atoms with E-state index in [4.69, 9.17) is 5.73 Å². The molecule has 23 heavy (non-hydrogen) atoms. The molecule has 126 valence electrons. The Labute approximate surface area is 140 Å². The summed E-state index contributed by atoms with van der Waals surface area (Å²) >= 11 is 0. The maximum Gasteiger partial charge on any atom is 0.191 e. The highest BCUT2D eigenvalue weighted by Gasteiger charge is 2.16. The zero-order valence-electron chi connectivity index (χ0n) is 14.2. The first-order valence-corrected chi connectivity index (χ1v) is 9.17. The van der Waals surface area contributed by atoms with Crippen molar-refractivity contribution in [2.45, 2.75) is 45.1 Å². The first kappa shape index (κ1) is 16.3. The van der Waals surface area contributed by atoms with Gasteiger partial charge in [0, 0.05) is 19.6 Å². The number of likely N-dealkylation sites (tertiary alicyclic amines) is 1. The third-order valence-corrected chi connectivity index (χ3v) is 5.06. The summed E-state index contributed by atoms with van der Waals surface area (Å²) in [4.78, 5) is 9.40. The molecule has 0 aliphatic carbocycles. The fourth-order valence-corrected chi connectivity index (χ4v) is 3.62. The first-order chi connectivity index (χ1) is 11.3. The van der Waals surface area contributed by atoms with Gasteiger partial charge in [-0.3, -0.25) is 4.99 Å². The minimum atomic E-state index is 0.721. The van der Waals surface area contributed by atoms with Crippen molar-refractivity contribution in [1.82, 2.24) is 9.80 Å². The molecule has 4 nitrogen and oxygen atoms in total. The molecule has 0 bridgehead atoms. The van der Waals surface area contributed by atoms with Crippen molar-refractivity contribution in [3.05, 3.63) is 35.4 Å². The van der Waals surface area contributed by atoms with Gasteiger partial charge < -0.3 is 15.5 Å². The number of guanidine groups is 1. The van der Waals surface area contributed by atoms with E-state index in [9.17, 15) is 0 Å². The Hall–Kier alpha value is -1.55. The minimum absolute atomic E-state index is 0.721. The molecule has 2 heterocycles. The van der Waals surface area contributed by atoms with Crippen LogP contribution in [-0.2, 0) is 13.0 Å². The topological polar surface area (TPSA) is 44.9 Å². The number of nitrogens with two attached hydrogens (primary N) is 1. The Balaban J connectivity index is 1.35. The second-order valence-corrected chi connectivity index (χ2v) is 6.79. The van der Waals surface area contributed by atoms with Crippen molar-refractivity contribution in [1.29, 1.82) is 0 Å².